The van der Waals surface area contributed by atoms with Crippen LogP contribution in [0.2, 0.25) is 0 Å². The second-order valence-corrected chi connectivity index (χ2v) is 5.24. The maximum absolute atomic E-state index is 14.2. The highest BCUT2D eigenvalue weighted by Crippen LogP contribution is 2.29. The van der Waals surface area contributed by atoms with Gasteiger partial charge in [-0.3, -0.25) is 4.79 Å². The van der Waals surface area contributed by atoms with E-state index in [0.29, 0.717) is 19.4 Å². The molecule has 1 aliphatic heterocycles. The Bertz CT molecular complexity index is 661. The first-order chi connectivity index (χ1) is 10.2. The van der Waals surface area contributed by atoms with Crippen molar-refractivity contribution in [3.05, 3.63) is 64.7 Å². The lowest BCUT2D eigenvalue weighted by atomic mass is 10.0. The summed E-state index contributed by atoms with van der Waals surface area (Å²) in [6.07, 6.45) is 2.20. The predicted octanol–water partition coefficient (Wildman–Crippen LogP) is 3.73. The molecule has 1 heterocycles. The zero-order valence-corrected chi connectivity index (χ0v) is 11.5. The number of hydrogen-bond acceptors (Lipinski definition) is 2. The minimum Gasteiger partial charge on any atom is -0.362 e. The molecule has 2 aromatic rings. The third-order valence-corrected chi connectivity index (χ3v) is 3.85. The second kappa shape index (κ2) is 5.64. The molecule has 0 atom stereocenters. The molecule has 0 spiro atoms. The summed E-state index contributed by atoms with van der Waals surface area (Å²) in [7, 11) is 0. The monoisotopic (exact) mass is 287 g/mol. The first-order valence-corrected chi connectivity index (χ1v) is 6.95. The van der Waals surface area contributed by atoms with E-state index in [2.05, 4.69) is 6.07 Å². The highest BCUT2D eigenvalue weighted by molar-refractivity contribution is 5.76. The number of carbonyl (C=O) groups excluding carboxylic acids is 1. The average Bonchev–Trinajstić information content (AvgIpc) is 2.68. The van der Waals surface area contributed by atoms with E-state index in [1.807, 2.05) is 18.2 Å². The van der Waals surface area contributed by atoms with Crippen molar-refractivity contribution in [1.82, 2.24) is 0 Å². The van der Waals surface area contributed by atoms with Gasteiger partial charge in [-0.15, -0.1) is 0 Å². The van der Waals surface area contributed by atoms with Crippen molar-refractivity contribution in [2.24, 2.45) is 0 Å². The van der Waals surface area contributed by atoms with E-state index in [1.165, 1.54) is 5.56 Å². The molecule has 0 radical (unpaired) electrons. The van der Waals surface area contributed by atoms with Gasteiger partial charge in [0.05, 0.1) is 0 Å². The minimum atomic E-state index is -0.684. The molecule has 0 amide bonds. The van der Waals surface area contributed by atoms with Gasteiger partial charge >= 0.3 is 0 Å². The summed E-state index contributed by atoms with van der Waals surface area (Å²) in [5, 5.41) is 0. The Balaban J connectivity index is 2.00. The van der Waals surface area contributed by atoms with Crippen molar-refractivity contribution in [1.29, 1.82) is 0 Å². The van der Waals surface area contributed by atoms with E-state index < -0.39 is 11.6 Å². The molecule has 21 heavy (non-hydrogen) atoms. The van der Waals surface area contributed by atoms with Gasteiger partial charge in [0.15, 0.2) is 0 Å². The number of aryl methyl sites for hydroxylation is 1. The van der Waals surface area contributed by atoms with E-state index in [-0.39, 0.29) is 11.3 Å². The number of hydrogen-bond donors (Lipinski definition) is 0. The smallest absolute Gasteiger partial charge is 0.150 e. The van der Waals surface area contributed by atoms with Crippen molar-refractivity contribution in [2.45, 2.75) is 19.4 Å². The van der Waals surface area contributed by atoms with Gasteiger partial charge in [0.25, 0.3) is 0 Å². The number of nitrogens with zero attached hydrogens (tertiary/aromatic N) is 1. The van der Waals surface area contributed by atoms with Crippen LogP contribution in [0.1, 0.15) is 27.9 Å². The summed E-state index contributed by atoms with van der Waals surface area (Å²) in [6, 6.07) is 10.1. The SMILES string of the molecule is O=Cc1cc(F)c(N2CCCc3ccccc3C2)c(F)c1. The first kappa shape index (κ1) is 13.7. The normalized spacial score (nSPS) is 14.5. The number of halogens is 2. The zero-order valence-electron chi connectivity index (χ0n) is 11.5. The number of benzene rings is 2. The van der Waals surface area contributed by atoms with Crippen molar-refractivity contribution in [3.63, 3.8) is 0 Å². The van der Waals surface area contributed by atoms with Gasteiger partial charge in [0.1, 0.15) is 23.6 Å². The predicted molar refractivity (Wildman–Crippen MR) is 77.6 cm³/mol. The fourth-order valence-corrected chi connectivity index (χ4v) is 2.85. The average molecular weight is 287 g/mol. The molecule has 3 rings (SSSR count). The number of anilines is 1. The molecule has 108 valence electrons. The lowest BCUT2D eigenvalue weighted by Gasteiger charge is -2.24. The Hall–Kier alpha value is -2.23. The van der Waals surface area contributed by atoms with Crippen LogP contribution in [0.5, 0.6) is 0 Å². The minimum absolute atomic E-state index is 0.0176. The number of aldehydes is 1. The summed E-state index contributed by atoms with van der Waals surface area (Å²) in [5.74, 6) is -1.37. The molecule has 2 nitrogen and oxygen atoms in total. The van der Waals surface area contributed by atoms with Crippen LogP contribution in [0.4, 0.5) is 14.5 Å². The van der Waals surface area contributed by atoms with Crippen LogP contribution in [-0.2, 0) is 13.0 Å². The van der Waals surface area contributed by atoms with Gasteiger partial charge in [-0.05, 0) is 36.1 Å². The van der Waals surface area contributed by atoms with E-state index in [4.69, 9.17) is 0 Å². The zero-order chi connectivity index (χ0) is 14.8. The van der Waals surface area contributed by atoms with Gasteiger partial charge < -0.3 is 4.90 Å². The molecule has 0 saturated heterocycles. The van der Waals surface area contributed by atoms with Crippen molar-refractivity contribution in [3.8, 4) is 0 Å². The molecular formula is C17H15F2NO. The van der Waals surface area contributed by atoms with Crippen LogP contribution < -0.4 is 4.90 Å². The molecule has 0 aromatic heterocycles. The quantitative estimate of drug-likeness (QED) is 0.784. The lowest BCUT2D eigenvalue weighted by Crippen LogP contribution is -2.25. The van der Waals surface area contributed by atoms with Crippen LogP contribution in [0.3, 0.4) is 0 Å². The van der Waals surface area contributed by atoms with Crippen LogP contribution in [0.25, 0.3) is 0 Å². The molecule has 2 aromatic carbocycles. The summed E-state index contributed by atoms with van der Waals surface area (Å²) in [6.45, 7) is 1.06. The molecule has 0 fully saturated rings. The van der Waals surface area contributed by atoms with Crippen LogP contribution in [-0.4, -0.2) is 12.8 Å². The highest BCUT2D eigenvalue weighted by Gasteiger charge is 2.21. The summed E-state index contributed by atoms with van der Waals surface area (Å²) in [5.41, 5.74) is 2.29. The Morgan fingerprint density at radius 1 is 1.05 bits per heavy atom. The molecule has 0 unspecified atom stereocenters. The number of rotatable bonds is 2. The van der Waals surface area contributed by atoms with E-state index >= 15 is 0 Å². The Morgan fingerprint density at radius 2 is 1.71 bits per heavy atom. The largest absolute Gasteiger partial charge is 0.362 e. The molecule has 1 aliphatic rings. The number of carbonyl (C=O) groups is 1. The van der Waals surface area contributed by atoms with Crippen LogP contribution >= 0.6 is 0 Å². The molecular weight excluding hydrogens is 272 g/mol. The fourth-order valence-electron chi connectivity index (χ4n) is 2.85. The van der Waals surface area contributed by atoms with Gasteiger partial charge in [-0.1, -0.05) is 24.3 Å². The Labute approximate surface area is 122 Å². The standard InChI is InChI=1S/C17H15F2NO/c18-15-8-12(11-21)9-16(19)17(15)20-7-3-6-13-4-1-2-5-14(13)10-20/h1-2,4-5,8-9,11H,3,6-7,10H2. The van der Waals surface area contributed by atoms with E-state index in [9.17, 15) is 13.6 Å². The van der Waals surface area contributed by atoms with E-state index in [1.54, 1.807) is 4.90 Å². The topological polar surface area (TPSA) is 20.3 Å². The van der Waals surface area contributed by atoms with Crippen molar-refractivity contribution in [2.75, 3.05) is 11.4 Å². The number of fused-ring (bicyclic) bond motifs is 1. The fraction of sp³-hybridized carbons (Fsp3) is 0.235. The maximum atomic E-state index is 14.2. The molecule has 0 saturated carbocycles. The van der Waals surface area contributed by atoms with E-state index in [0.717, 1.165) is 30.5 Å². The molecule has 0 bridgehead atoms. The molecule has 0 N–H and O–H groups in total. The third-order valence-electron chi connectivity index (χ3n) is 3.85. The highest BCUT2D eigenvalue weighted by atomic mass is 19.1. The van der Waals surface area contributed by atoms with Crippen molar-refractivity contribution < 1.29 is 13.6 Å². The maximum Gasteiger partial charge on any atom is 0.150 e. The van der Waals surface area contributed by atoms with Gasteiger partial charge in [-0.2, -0.15) is 0 Å². The molecule has 0 aliphatic carbocycles. The lowest BCUT2D eigenvalue weighted by molar-refractivity contribution is 0.112. The van der Waals surface area contributed by atoms with Crippen LogP contribution in [0, 0.1) is 11.6 Å². The van der Waals surface area contributed by atoms with Gasteiger partial charge in [0.2, 0.25) is 0 Å². The Kier molecular flexibility index (Phi) is 3.69. The Morgan fingerprint density at radius 3 is 2.38 bits per heavy atom. The second-order valence-electron chi connectivity index (χ2n) is 5.24. The van der Waals surface area contributed by atoms with Gasteiger partial charge in [-0.25, -0.2) is 8.78 Å². The summed E-state index contributed by atoms with van der Waals surface area (Å²) >= 11 is 0. The van der Waals surface area contributed by atoms with Crippen LogP contribution in [0.15, 0.2) is 36.4 Å². The summed E-state index contributed by atoms with van der Waals surface area (Å²) < 4.78 is 28.3. The molecule has 4 heteroatoms. The first-order valence-electron chi connectivity index (χ1n) is 6.95. The van der Waals surface area contributed by atoms with Crippen molar-refractivity contribution >= 4 is 12.0 Å². The summed E-state index contributed by atoms with van der Waals surface area (Å²) in [4.78, 5) is 12.4. The van der Waals surface area contributed by atoms with Gasteiger partial charge in [0, 0.05) is 18.7 Å². The third kappa shape index (κ3) is 2.66.